The summed E-state index contributed by atoms with van der Waals surface area (Å²) in [6.45, 7) is 2.32. The highest BCUT2D eigenvalue weighted by Gasteiger charge is 2.06. The molecule has 0 saturated carbocycles. The van der Waals surface area contributed by atoms with Gasteiger partial charge in [-0.25, -0.2) is 14.4 Å². The predicted octanol–water partition coefficient (Wildman–Crippen LogP) is 2.65. The molecule has 1 N–H and O–H groups in total. The Hall–Kier alpha value is -1.27. The van der Waals surface area contributed by atoms with Crippen molar-refractivity contribution in [1.82, 2.24) is 15.0 Å². The molecular weight excluding hydrogens is 251 g/mol. The number of hydrogen-bond donors (Lipinski definition) is 1. The molecule has 0 atom stereocenters. The van der Waals surface area contributed by atoms with Gasteiger partial charge in [0.05, 0.1) is 12.7 Å². The second-order valence-electron chi connectivity index (χ2n) is 3.07. The topological polar surface area (TPSA) is 50.7 Å². The Morgan fingerprint density at radius 3 is 3.00 bits per heavy atom. The average Bonchev–Trinajstić information content (AvgIpc) is 2.66. The van der Waals surface area contributed by atoms with Crippen LogP contribution in [-0.2, 0) is 6.54 Å². The van der Waals surface area contributed by atoms with Crippen LogP contribution >= 0.6 is 22.9 Å². The molecule has 2 heterocycles. The molecule has 0 aliphatic rings. The van der Waals surface area contributed by atoms with Gasteiger partial charge in [0.25, 0.3) is 0 Å². The van der Waals surface area contributed by atoms with Crippen molar-refractivity contribution in [3.63, 3.8) is 0 Å². The van der Waals surface area contributed by atoms with Crippen LogP contribution in [0.15, 0.2) is 11.6 Å². The van der Waals surface area contributed by atoms with E-state index >= 15 is 0 Å². The Morgan fingerprint density at radius 1 is 1.50 bits per heavy atom. The molecule has 0 fully saturated rings. The summed E-state index contributed by atoms with van der Waals surface area (Å²) >= 11 is 7.07. The second kappa shape index (κ2) is 4.71. The summed E-state index contributed by atoms with van der Waals surface area (Å²) in [5, 5.41) is 5.63. The number of thiazole rings is 1. The van der Waals surface area contributed by atoms with Gasteiger partial charge >= 0.3 is 0 Å². The molecule has 0 aliphatic heterocycles. The molecule has 2 aromatic rings. The van der Waals surface area contributed by atoms with E-state index in [4.69, 9.17) is 11.6 Å². The smallest absolute Gasteiger partial charge is 0.224 e. The van der Waals surface area contributed by atoms with Gasteiger partial charge in [0.15, 0.2) is 11.6 Å². The van der Waals surface area contributed by atoms with Crippen LogP contribution in [0.4, 0.5) is 10.2 Å². The summed E-state index contributed by atoms with van der Waals surface area (Å²) in [6, 6.07) is 0. The third-order valence-corrected chi connectivity index (χ3v) is 2.94. The fraction of sp³-hybridized carbons (Fsp3) is 0.222. The van der Waals surface area contributed by atoms with Crippen LogP contribution in [0.2, 0.25) is 5.28 Å². The minimum atomic E-state index is -0.530. The Labute approximate surface area is 101 Å². The Morgan fingerprint density at radius 2 is 2.31 bits per heavy atom. The number of nitrogens with one attached hydrogen (secondary N) is 1. The highest BCUT2D eigenvalue weighted by molar-refractivity contribution is 7.09. The van der Waals surface area contributed by atoms with Crippen LogP contribution in [-0.4, -0.2) is 15.0 Å². The fourth-order valence-corrected chi connectivity index (χ4v) is 1.96. The van der Waals surface area contributed by atoms with Gasteiger partial charge in [0.2, 0.25) is 5.28 Å². The van der Waals surface area contributed by atoms with Crippen molar-refractivity contribution in [2.24, 2.45) is 0 Å². The van der Waals surface area contributed by atoms with E-state index in [1.165, 1.54) is 11.3 Å². The Bertz CT molecular complexity index is 502. The number of aromatic nitrogens is 3. The van der Waals surface area contributed by atoms with Gasteiger partial charge < -0.3 is 5.32 Å². The number of hydrogen-bond acceptors (Lipinski definition) is 5. The van der Waals surface area contributed by atoms with E-state index in [1.54, 1.807) is 0 Å². The Balaban J connectivity index is 2.07. The van der Waals surface area contributed by atoms with Crippen molar-refractivity contribution >= 4 is 28.8 Å². The number of halogens is 2. The van der Waals surface area contributed by atoms with Crippen LogP contribution in [0.3, 0.4) is 0 Å². The number of anilines is 1. The molecule has 0 amide bonds. The molecular formula is C9H8ClFN4S. The highest BCUT2D eigenvalue weighted by Crippen LogP contribution is 2.15. The molecule has 7 heteroatoms. The molecule has 0 saturated heterocycles. The average molecular weight is 259 g/mol. The summed E-state index contributed by atoms with van der Waals surface area (Å²) in [4.78, 5) is 11.5. The lowest BCUT2D eigenvalue weighted by Gasteiger charge is -2.03. The van der Waals surface area contributed by atoms with Crippen molar-refractivity contribution in [1.29, 1.82) is 0 Å². The molecule has 0 bridgehead atoms. The van der Waals surface area contributed by atoms with E-state index < -0.39 is 5.82 Å². The normalized spacial score (nSPS) is 10.4. The first-order chi connectivity index (χ1) is 7.65. The van der Waals surface area contributed by atoms with Crippen LogP contribution < -0.4 is 5.32 Å². The van der Waals surface area contributed by atoms with Gasteiger partial charge in [-0.1, -0.05) is 0 Å². The third-order valence-electron chi connectivity index (χ3n) is 1.79. The number of aryl methyl sites for hydroxylation is 1. The summed E-state index contributed by atoms with van der Waals surface area (Å²) in [6.07, 6.45) is 1.03. The minimum Gasteiger partial charge on any atom is -0.361 e. The first-order valence-electron chi connectivity index (χ1n) is 4.48. The summed E-state index contributed by atoms with van der Waals surface area (Å²) in [5.74, 6) is -0.439. The van der Waals surface area contributed by atoms with Gasteiger partial charge in [-0.05, 0) is 18.5 Å². The van der Waals surface area contributed by atoms with Gasteiger partial charge in [0, 0.05) is 11.1 Å². The maximum Gasteiger partial charge on any atom is 0.224 e. The number of nitrogens with zero attached hydrogens (tertiary/aromatic N) is 3. The zero-order valence-electron chi connectivity index (χ0n) is 8.37. The van der Waals surface area contributed by atoms with Gasteiger partial charge in [-0.2, -0.15) is 4.98 Å². The second-order valence-corrected chi connectivity index (χ2v) is 4.35. The first kappa shape index (κ1) is 11.2. The molecule has 84 valence electrons. The van der Waals surface area contributed by atoms with Gasteiger partial charge in [-0.15, -0.1) is 11.3 Å². The molecule has 0 aliphatic carbocycles. The van der Waals surface area contributed by atoms with E-state index in [2.05, 4.69) is 20.3 Å². The largest absolute Gasteiger partial charge is 0.361 e. The summed E-state index contributed by atoms with van der Waals surface area (Å²) < 4.78 is 13.2. The van der Waals surface area contributed by atoms with E-state index in [0.717, 1.165) is 16.9 Å². The quantitative estimate of drug-likeness (QED) is 0.860. The van der Waals surface area contributed by atoms with Crippen molar-refractivity contribution < 1.29 is 4.39 Å². The van der Waals surface area contributed by atoms with Gasteiger partial charge in [0.1, 0.15) is 5.01 Å². The molecule has 0 radical (unpaired) electrons. The van der Waals surface area contributed by atoms with Crippen LogP contribution in [0, 0.1) is 12.7 Å². The lowest BCUT2D eigenvalue weighted by Crippen LogP contribution is -2.04. The molecule has 2 aromatic heterocycles. The van der Waals surface area contributed by atoms with Crippen molar-refractivity contribution in [2.45, 2.75) is 13.5 Å². The zero-order valence-corrected chi connectivity index (χ0v) is 9.94. The molecule has 16 heavy (non-hydrogen) atoms. The third kappa shape index (κ3) is 2.65. The summed E-state index contributed by atoms with van der Waals surface area (Å²) in [5.41, 5.74) is 0.947. The van der Waals surface area contributed by atoms with E-state index in [0.29, 0.717) is 6.54 Å². The van der Waals surface area contributed by atoms with Crippen molar-refractivity contribution in [2.75, 3.05) is 5.32 Å². The SMILES string of the molecule is Cc1csc(CNc2nc(Cl)ncc2F)n1. The predicted molar refractivity (Wildman–Crippen MR) is 61.2 cm³/mol. The van der Waals surface area contributed by atoms with Crippen molar-refractivity contribution in [3.05, 3.63) is 33.4 Å². The summed E-state index contributed by atoms with van der Waals surface area (Å²) in [7, 11) is 0. The minimum absolute atomic E-state index is 0.0132. The standard InChI is InChI=1S/C9H8ClFN4S/c1-5-4-16-7(14-5)3-12-8-6(11)2-13-9(10)15-8/h2,4H,3H2,1H3,(H,12,13,15). The lowest BCUT2D eigenvalue weighted by atomic mass is 10.5. The lowest BCUT2D eigenvalue weighted by molar-refractivity contribution is 0.616. The first-order valence-corrected chi connectivity index (χ1v) is 5.74. The maximum absolute atomic E-state index is 13.2. The molecule has 0 unspecified atom stereocenters. The van der Waals surface area contributed by atoms with E-state index in [-0.39, 0.29) is 11.1 Å². The number of rotatable bonds is 3. The highest BCUT2D eigenvalue weighted by atomic mass is 35.5. The fourth-order valence-electron chi connectivity index (χ4n) is 1.11. The van der Waals surface area contributed by atoms with Crippen LogP contribution in [0.5, 0.6) is 0 Å². The zero-order chi connectivity index (χ0) is 11.5. The van der Waals surface area contributed by atoms with Crippen LogP contribution in [0.25, 0.3) is 0 Å². The monoisotopic (exact) mass is 258 g/mol. The maximum atomic E-state index is 13.2. The molecule has 4 nitrogen and oxygen atoms in total. The molecule has 0 aromatic carbocycles. The van der Waals surface area contributed by atoms with E-state index in [9.17, 15) is 4.39 Å². The van der Waals surface area contributed by atoms with E-state index in [1.807, 2.05) is 12.3 Å². The van der Waals surface area contributed by atoms with Gasteiger partial charge in [-0.3, -0.25) is 0 Å². The van der Waals surface area contributed by atoms with Crippen molar-refractivity contribution in [3.8, 4) is 0 Å². The molecule has 0 spiro atoms. The Kier molecular flexibility index (Phi) is 3.31. The van der Waals surface area contributed by atoms with Crippen LogP contribution in [0.1, 0.15) is 10.7 Å². The molecule has 2 rings (SSSR count).